The molecule has 0 radical (unpaired) electrons. The number of carbonyl (C=O) groups is 2. The molecule has 5 heteroatoms. The Morgan fingerprint density at radius 2 is 1.86 bits per heavy atom. The zero-order valence-corrected chi connectivity index (χ0v) is 13.0. The largest absolute Gasteiger partial charge is 0.344 e. The lowest BCUT2D eigenvalue weighted by Crippen LogP contribution is -2.49. The number of carbonyl (C=O) groups excluding carboxylic acids is 2. The molecule has 0 aromatic heterocycles. The highest BCUT2D eigenvalue weighted by atomic mass is 16.2. The van der Waals surface area contributed by atoms with Crippen molar-refractivity contribution in [2.45, 2.75) is 51.5 Å². The van der Waals surface area contributed by atoms with Crippen LogP contribution in [0.1, 0.15) is 45.4 Å². The first-order chi connectivity index (χ1) is 10.1. The van der Waals surface area contributed by atoms with Gasteiger partial charge in [0.25, 0.3) is 0 Å². The van der Waals surface area contributed by atoms with Crippen LogP contribution in [0.5, 0.6) is 0 Å². The number of hydrogen-bond acceptors (Lipinski definition) is 3. The topological polar surface area (TPSA) is 61.4 Å². The van der Waals surface area contributed by atoms with E-state index in [4.69, 9.17) is 0 Å². The standard InChI is InChI=1S/C16H27N3O2/c1-12(15(21)19-9-3-2-4-10-19)18-14(20)13-11-16(13)5-7-17-8-6-16/h12-13,17H,2-11H2,1H3,(H,18,20). The Hall–Kier alpha value is -1.10. The van der Waals surface area contributed by atoms with Crippen LogP contribution in [0.2, 0.25) is 0 Å². The minimum absolute atomic E-state index is 0.0862. The Balaban J connectivity index is 1.49. The van der Waals surface area contributed by atoms with Crippen LogP contribution in [-0.4, -0.2) is 48.9 Å². The number of nitrogens with zero attached hydrogens (tertiary/aromatic N) is 1. The lowest BCUT2D eigenvalue weighted by Gasteiger charge is -2.29. The molecule has 2 unspecified atom stereocenters. The number of likely N-dealkylation sites (tertiary alicyclic amines) is 1. The van der Waals surface area contributed by atoms with Crippen molar-refractivity contribution in [3.8, 4) is 0 Å². The third-order valence-electron chi connectivity index (χ3n) is 5.50. The molecule has 3 aliphatic rings. The summed E-state index contributed by atoms with van der Waals surface area (Å²) in [7, 11) is 0. The molecule has 0 bridgehead atoms. The van der Waals surface area contributed by atoms with Crippen LogP contribution >= 0.6 is 0 Å². The normalized spacial score (nSPS) is 29.0. The van der Waals surface area contributed by atoms with Crippen LogP contribution in [0.4, 0.5) is 0 Å². The van der Waals surface area contributed by atoms with Gasteiger partial charge < -0.3 is 15.5 Å². The first-order valence-corrected chi connectivity index (χ1v) is 8.42. The Morgan fingerprint density at radius 1 is 1.19 bits per heavy atom. The Kier molecular flexibility index (Phi) is 4.20. The van der Waals surface area contributed by atoms with Gasteiger partial charge in [-0.3, -0.25) is 9.59 Å². The summed E-state index contributed by atoms with van der Waals surface area (Å²) in [6.45, 7) is 5.56. The molecule has 2 amide bonds. The van der Waals surface area contributed by atoms with Gasteiger partial charge in [0.15, 0.2) is 0 Å². The van der Waals surface area contributed by atoms with Crippen molar-refractivity contribution < 1.29 is 9.59 Å². The molecule has 1 saturated carbocycles. The van der Waals surface area contributed by atoms with Gasteiger partial charge in [-0.1, -0.05) is 0 Å². The molecular formula is C16H27N3O2. The average molecular weight is 293 g/mol. The number of nitrogens with one attached hydrogen (secondary N) is 2. The van der Waals surface area contributed by atoms with E-state index in [0.717, 1.165) is 58.3 Å². The van der Waals surface area contributed by atoms with Crippen LogP contribution < -0.4 is 10.6 Å². The highest BCUT2D eigenvalue weighted by Crippen LogP contribution is 2.58. The summed E-state index contributed by atoms with van der Waals surface area (Å²) >= 11 is 0. The highest BCUT2D eigenvalue weighted by Gasteiger charge is 2.57. The minimum Gasteiger partial charge on any atom is -0.344 e. The van der Waals surface area contributed by atoms with E-state index in [-0.39, 0.29) is 29.2 Å². The predicted octanol–water partition coefficient (Wildman–Crippen LogP) is 0.893. The smallest absolute Gasteiger partial charge is 0.244 e. The molecule has 0 aromatic carbocycles. The Bertz CT molecular complexity index is 412. The van der Waals surface area contributed by atoms with E-state index in [1.165, 1.54) is 6.42 Å². The second kappa shape index (κ2) is 5.95. The van der Waals surface area contributed by atoms with E-state index in [9.17, 15) is 9.59 Å². The summed E-state index contributed by atoms with van der Waals surface area (Å²) in [5.74, 6) is 0.314. The number of amides is 2. The van der Waals surface area contributed by atoms with E-state index in [0.29, 0.717) is 0 Å². The molecule has 0 aromatic rings. The molecule has 2 heterocycles. The maximum absolute atomic E-state index is 12.4. The van der Waals surface area contributed by atoms with E-state index in [2.05, 4.69) is 10.6 Å². The van der Waals surface area contributed by atoms with Gasteiger partial charge in [-0.15, -0.1) is 0 Å². The van der Waals surface area contributed by atoms with Crippen LogP contribution in [0.15, 0.2) is 0 Å². The summed E-state index contributed by atoms with van der Waals surface area (Å²) in [5.41, 5.74) is 0.239. The number of rotatable bonds is 3. The molecule has 118 valence electrons. The number of piperidine rings is 2. The fraction of sp³-hybridized carbons (Fsp3) is 0.875. The highest BCUT2D eigenvalue weighted by molar-refractivity contribution is 5.89. The van der Waals surface area contributed by atoms with Crippen molar-refractivity contribution in [2.75, 3.05) is 26.2 Å². The minimum atomic E-state index is -0.380. The Morgan fingerprint density at radius 3 is 2.52 bits per heavy atom. The molecule has 5 nitrogen and oxygen atoms in total. The van der Waals surface area contributed by atoms with Crippen molar-refractivity contribution >= 4 is 11.8 Å². The maximum atomic E-state index is 12.4. The second-order valence-corrected chi connectivity index (χ2v) is 6.99. The second-order valence-electron chi connectivity index (χ2n) is 6.99. The first-order valence-electron chi connectivity index (χ1n) is 8.42. The van der Waals surface area contributed by atoms with Gasteiger partial charge in [0, 0.05) is 19.0 Å². The zero-order chi connectivity index (χ0) is 14.9. The van der Waals surface area contributed by atoms with E-state index < -0.39 is 0 Å². The lowest BCUT2D eigenvalue weighted by molar-refractivity contribution is -0.137. The van der Waals surface area contributed by atoms with Gasteiger partial charge in [-0.2, -0.15) is 0 Å². The molecule has 1 aliphatic carbocycles. The van der Waals surface area contributed by atoms with Crippen LogP contribution in [0.25, 0.3) is 0 Å². The molecule has 1 spiro atoms. The molecule has 21 heavy (non-hydrogen) atoms. The van der Waals surface area contributed by atoms with Crippen LogP contribution in [-0.2, 0) is 9.59 Å². The average Bonchev–Trinajstić information content (AvgIpc) is 3.21. The Labute approximate surface area is 126 Å². The molecular weight excluding hydrogens is 266 g/mol. The summed E-state index contributed by atoms with van der Waals surface area (Å²) in [6.07, 6.45) is 6.59. The van der Waals surface area contributed by atoms with Gasteiger partial charge in [0.05, 0.1) is 0 Å². The van der Waals surface area contributed by atoms with Crippen molar-refractivity contribution in [1.82, 2.24) is 15.5 Å². The molecule has 2 N–H and O–H groups in total. The first kappa shape index (κ1) is 14.8. The van der Waals surface area contributed by atoms with Crippen LogP contribution in [0.3, 0.4) is 0 Å². The fourth-order valence-electron chi connectivity index (χ4n) is 3.96. The van der Waals surface area contributed by atoms with Gasteiger partial charge in [0.1, 0.15) is 6.04 Å². The molecule has 3 rings (SSSR count). The van der Waals surface area contributed by atoms with Gasteiger partial charge in [-0.25, -0.2) is 0 Å². The van der Waals surface area contributed by atoms with Gasteiger partial charge >= 0.3 is 0 Å². The predicted molar refractivity (Wildman–Crippen MR) is 80.7 cm³/mol. The third-order valence-corrected chi connectivity index (χ3v) is 5.50. The van der Waals surface area contributed by atoms with Gasteiger partial charge in [0.2, 0.25) is 11.8 Å². The SMILES string of the molecule is CC(NC(=O)C1CC12CCNCC2)C(=O)N1CCCCC1. The van der Waals surface area contributed by atoms with Crippen LogP contribution in [0, 0.1) is 11.3 Å². The summed E-state index contributed by atoms with van der Waals surface area (Å²) in [6, 6.07) is -0.380. The van der Waals surface area contributed by atoms with Crippen molar-refractivity contribution in [2.24, 2.45) is 11.3 Å². The maximum Gasteiger partial charge on any atom is 0.244 e. The number of hydrogen-bond donors (Lipinski definition) is 2. The molecule has 2 saturated heterocycles. The van der Waals surface area contributed by atoms with Crippen molar-refractivity contribution in [3.05, 3.63) is 0 Å². The fourth-order valence-corrected chi connectivity index (χ4v) is 3.96. The van der Waals surface area contributed by atoms with Crippen molar-refractivity contribution in [1.29, 1.82) is 0 Å². The monoisotopic (exact) mass is 293 g/mol. The lowest BCUT2D eigenvalue weighted by atomic mass is 9.91. The quantitative estimate of drug-likeness (QED) is 0.812. The van der Waals surface area contributed by atoms with Gasteiger partial charge in [-0.05, 0) is 64.0 Å². The molecule has 2 atom stereocenters. The van der Waals surface area contributed by atoms with E-state index >= 15 is 0 Å². The molecule has 3 fully saturated rings. The summed E-state index contributed by atoms with van der Waals surface area (Å²) in [5, 5.41) is 6.31. The van der Waals surface area contributed by atoms with Crippen molar-refractivity contribution in [3.63, 3.8) is 0 Å². The summed E-state index contributed by atoms with van der Waals surface area (Å²) in [4.78, 5) is 26.6. The summed E-state index contributed by atoms with van der Waals surface area (Å²) < 4.78 is 0. The zero-order valence-electron chi connectivity index (χ0n) is 13.0. The third kappa shape index (κ3) is 3.07. The molecule has 2 aliphatic heterocycles. The van der Waals surface area contributed by atoms with E-state index in [1.807, 2.05) is 11.8 Å². The van der Waals surface area contributed by atoms with E-state index in [1.54, 1.807) is 0 Å².